The average Bonchev–Trinajstić information content (AvgIpc) is 4.04. The number of aryl methyl sites for hydroxylation is 1. The van der Waals surface area contributed by atoms with E-state index in [2.05, 4.69) is 211 Å². The van der Waals surface area contributed by atoms with Gasteiger partial charge in [0, 0.05) is 49.9 Å². The van der Waals surface area contributed by atoms with Crippen molar-refractivity contribution in [3.8, 4) is 11.1 Å². The minimum absolute atomic E-state index is 0.536. The van der Waals surface area contributed by atoms with Crippen LogP contribution in [0, 0.1) is 0 Å². The highest BCUT2D eigenvalue weighted by Crippen LogP contribution is 2.61. The smallest absolute Gasteiger partial charge is 0.143 e. The third kappa shape index (κ3) is 5.53. The molecule has 0 unspecified atom stereocenters. The summed E-state index contributed by atoms with van der Waals surface area (Å²) in [7, 11) is 0. The van der Waals surface area contributed by atoms with Crippen LogP contribution in [-0.2, 0) is 11.8 Å². The summed E-state index contributed by atoms with van der Waals surface area (Å²) in [6.45, 7) is 0. The van der Waals surface area contributed by atoms with Gasteiger partial charge in [0.2, 0.25) is 0 Å². The van der Waals surface area contributed by atoms with Gasteiger partial charge in [-0.05, 0) is 119 Å². The Morgan fingerprint density at radius 1 is 0.469 bits per heavy atom. The van der Waals surface area contributed by atoms with Gasteiger partial charge in [-0.1, -0.05) is 164 Å². The summed E-state index contributed by atoms with van der Waals surface area (Å²) in [6.07, 6.45) is 10.7. The lowest BCUT2D eigenvalue weighted by Gasteiger charge is -2.37. The Morgan fingerprint density at radius 2 is 1.09 bits per heavy atom. The summed E-state index contributed by atoms with van der Waals surface area (Å²) in [4.78, 5) is 2.43. The van der Waals surface area contributed by atoms with Gasteiger partial charge in [0.25, 0.3) is 0 Å². The highest BCUT2D eigenvalue weighted by molar-refractivity contribution is 6.09. The van der Waals surface area contributed by atoms with Crippen LogP contribution in [0.5, 0.6) is 0 Å². The number of benzene rings is 8. The first-order valence-corrected chi connectivity index (χ1v) is 22.5. The first kappa shape index (κ1) is 36.7. The number of rotatable bonds is 7. The molecule has 3 aliphatic rings. The van der Waals surface area contributed by atoms with Crippen LogP contribution in [0.15, 0.2) is 227 Å². The van der Waals surface area contributed by atoms with E-state index in [4.69, 9.17) is 8.83 Å². The summed E-state index contributed by atoms with van der Waals surface area (Å²) in [6, 6.07) is 70.9. The van der Waals surface area contributed by atoms with Crippen molar-refractivity contribution in [1.82, 2.24) is 0 Å². The van der Waals surface area contributed by atoms with E-state index in [-0.39, 0.29) is 0 Å². The Labute approximate surface area is 372 Å². The van der Waals surface area contributed by atoms with Gasteiger partial charge in [-0.25, -0.2) is 0 Å². The molecule has 8 aromatic carbocycles. The minimum atomic E-state index is -0.536. The Morgan fingerprint density at radius 3 is 1.80 bits per heavy atom. The number of allylic oxidation sites excluding steroid dienone is 5. The lowest BCUT2D eigenvalue weighted by Crippen LogP contribution is -2.31. The molecule has 304 valence electrons. The van der Waals surface area contributed by atoms with Crippen molar-refractivity contribution >= 4 is 61.1 Å². The van der Waals surface area contributed by atoms with Crippen LogP contribution in [0.1, 0.15) is 58.4 Å². The molecular weight excluding hydrogens is 779 g/mol. The monoisotopic (exact) mass is 821 g/mol. The van der Waals surface area contributed by atoms with Gasteiger partial charge in [-0.3, -0.25) is 0 Å². The Hall–Kier alpha value is -7.88. The summed E-state index contributed by atoms with van der Waals surface area (Å²) in [5.41, 5.74) is 19.3. The van der Waals surface area contributed by atoms with Crippen molar-refractivity contribution in [1.29, 1.82) is 0 Å². The van der Waals surface area contributed by atoms with Crippen molar-refractivity contribution in [2.45, 2.75) is 31.1 Å². The second-order valence-corrected chi connectivity index (χ2v) is 17.3. The fraction of sp³-hybridized carbons (Fsp3) is 0.0820. The van der Waals surface area contributed by atoms with Crippen LogP contribution in [-0.4, -0.2) is 0 Å². The number of hydrogen-bond donors (Lipinski definition) is 0. The Balaban J connectivity index is 1.02. The molecule has 0 aliphatic heterocycles. The molecule has 2 heterocycles. The van der Waals surface area contributed by atoms with Crippen LogP contribution < -0.4 is 4.90 Å². The fourth-order valence-electron chi connectivity index (χ4n) is 11.2. The molecular formula is C61H43NO2. The molecule has 0 fully saturated rings. The number of anilines is 3. The number of nitrogens with zero attached hydrogens (tertiary/aromatic N) is 1. The van der Waals surface area contributed by atoms with E-state index in [0.29, 0.717) is 0 Å². The summed E-state index contributed by atoms with van der Waals surface area (Å²) in [5, 5.41) is 3.48. The average molecular weight is 822 g/mol. The predicted molar refractivity (Wildman–Crippen MR) is 264 cm³/mol. The highest BCUT2D eigenvalue weighted by atomic mass is 16.3. The minimum Gasteiger partial charge on any atom is -0.456 e. The van der Waals surface area contributed by atoms with Crippen molar-refractivity contribution in [2.75, 3.05) is 4.90 Å². The third-order valence-electron chi connectivity index (χ3n) is 14.0. The number of para-hydroxylation sites is 3. The van der Waals surface area contributed by atoms with Gasteiger partial charge in [-0.2, -0.15) is 0 Å². The number of furan rings is 2. The first-order valence-electron chi connectivity index (χ1n) is 22.5. The molecule has 13 rings (SSSR count). The largest absolute Gasteiger partial charge is 0.456 e. The number of fused-ring (bicyclic) bond motifs is 9. The van der Waals surface area contributed by atoms with E-state index in [1.54, 1.807) is 0 Å². The molecule has 0 saturated carbocycles. The van der Waals surface area contributed by atoms with Gasteiger partial charge in [0.15, 0.2) is 0 Å². The predicted octanol–water partition coefficient (Wildman–Crippen LogP) is 16.3. The van der Waals surface area contributed by atoms with Crippen molar-refractivity contribution < 1.29 is 8.83 Å². The third-order valence-corrected chi connectivity index (χ3v) is 14.0. The van der Waals surface area contributed by atoms with Gasteiger partial charge in [-0.15, -0.1) is 0 Å². The van der Waals surface area contributed by atoms with Crippen molar-refractivity contribution in [3.63, 3.8) is 0 Å². The molecule has 10 aromatic rings. The maximum atomic E-state index is 6.91. The van der Waals surface area contributed by atoms with Gasteiger partial charge < -0.3 is 13.7 Å². The van der Waals surface area contributed by atoms with Crippen LogP contribution in [0.25, 0.3) is 55.2 Å². The summed E-state index contributed by atoms with van der Waals surface area (Å²) in [5.74, 6) is 1.01. The highest BCUT2D eigenvalue weighted by Gasteiger charge is 2.50. The Kier molecular flexibility index (Phi) is 8.39. The van der Waals surface area contributed by atoms with Gasteiger partial charge in [0.1, 0.15) is 22.5 Å². The molecule has 64 heavy (non-hydrogen) atoms. The second kappa shape index (κ2) is 14.6. The first-order chi connectivity index (χ1) is 31.7. The maximum absolute atomic E-state index is 6.91. The molecule has 0 radical (unpaired) electrons. The van der Waals surface area contributed by atoms with E-state index in [1.807, 2.05) is 6.07 Å². The van der Waals surface area contributed by atoms with Crippen LogP contribution in [0.2, 0.25) is 0 Å². The molecule has 0 amide bonds. The lowest BCUT2D eigenvalue weighted by atomic mass is 9.65. The van der Waals surface area contributed by atoms with E-state index >= 15 is 0 Å². The second-order valence-electron chi connectivity index (χ2n) is 17.3. The molecule has 3 aliphatic carbocycles. The maximum Gasteiger partial charge on any atom is 0.143 e. The zero-order chi connectivity index (χ0) is 42.2. The lowest BCUT2D eigenvalue weighted by molar-refractivity contribution is 0.584. The summed E-state index contributed by atoms with van der Waals surface area (Å²) < 4.78 is 13.4. The molecule has 0 spiro atoms. The fourth-order valence-corrected chi connectivity index (χ4v) is 11.2. The van der Waals surface area contributed by atoms with E-state index in [1.165, 1.54) is 55.5 Å². The summed E-state index contributed by atoms with van der Waals surface area (Å²) >= 11 is 0. The number of hydrogen-bond acceptors (Lipinski definition) is 3. The van der Waals surface area contributed by atoms with Crippen molar-refractivity contribution in [2.24, 2.45) is 0 Å². The van der Waals surface area contributed by atoms with E-state index < -0.39 is 5.41 Å². The molecule has 0 bridgehead atoms. The van der Waals surface area contributed by atoms with Crippen LogP contribution in [0.4, 0.5) is 17.1 Å². The van der Waals surface area contributed by atoms with Crippen LogP contribution >= 0.6 is 0 Å². The van der Waals surface area contributed by atoms with E-state index in [9.17, 15) is 0 Å². The quantitative estimate of drug-likeness (QED) is 0.160. The zero-order valence-electron chi connectivity index (χ0n) is 35.3. The molecule has 2 aromatic heterocycles. The topological polar surface area (TPSA) is 29.5 Å². The molecule has 3 nitrogen and oxygen atoms in total. The normalized spacial score (nSPS) is 15.0. The zero-order valence-corrected chi connectivity index (χ0v) is 35.3. The van der Waals surface area contributed by atoms with Crippen LogP contribution in [0.3, 0.4) is 0 Å². The van der Waals surface area contributed by atoms with E-state index in [0.717, 1.165) is 87.2 Å². The van der Waals surface area contributed by atoms with Gasteiger partial charge in [0.05, 0.1) is 5.41 Å². The molecule has 0 N–H and O–H groups in total. The standard InChI is InChI=1S/C61H43NO2/c1-4-15-40(16-5-1)41-27-31-45(32-28-41)62(46-33-29-42(30-34-46)48-23-14-24-51-49-21-10-12-25-56(49)63-59(48)51)47-35-36-53-55(39-47)61(43-17-6-2-7-18-43,44-19-8-3-9-20-44)54-38-37-52-50-22-11-13-26-57(50)64-60(52)58(53)54/h1-4,6-15,17-36,39H,5,16,37-38H2. The van der Waals surface area contributed by atoms with Gasteiger partial charge >= 0.3 is 0 Å². The molecule has 0 saturated heterocycles. The molecule has 3 heteroatoms. The Bertz CT molecular complexity index is 3490. The van der Waals surface area contributed by atoms with Crippen molar-refractivity contribution in [3.05, 3.63) is 257 Å². The SMILES string of the molecule is C1=CCCC(c2ccc(N(c3ccc(-c4cccc5c4oc4ccccc45)cc3)c3ccc4c(c3)C(c3ccccc3)(c3ccccc3)C3=C4c4oc5ccccc5c4CC3)cc2)=C1. The molecule has 0 atom stereocenters.